The summed E-state index contributed by atoms with van der Waals surface area (Å²) in [5, 5.41) is 5.77. The van der Waals surface area contributed by atoms with E-state index >= 15 is 0 Å². The van der Waals surface area contributed by atoms with Crippen molar-refractivity contribution in [1.82, 2.24) is 10.6 Å². The summed E-state index contributed by atoms with van der Waals surface area (Å²) in [6.45, 7) is 19.5. The molecular weight excluding hydrogens is 596 g/mol. The third-order valence-corrected chi connectivity index (χ3v) is 7.62. The lowest BCUT2D eigenvalue weighted by molar-refractivity contribution is -0.122. The number of hydrogen-bond donors (Lipinski definition) is 2. The second-order valence-corrected chi connectivity index (χ2v) is 12.6. The second-order valence-electron chi connectivity index (χ2n) is 12.6. The Morgan fingerprint density at radius 1 is 0.766 bits per heavy atom. The largest absolute Gasteiger partial charge is 0.379 e. The van der Waals surface area contributed by atoms with Crippen molar-refractivity contribution in [1.29, 1.82) is 0 Å². The topological polar surface area (TPSA) is 104 Å². The highest BCUT2D eigenvalue weighted by molar-refractivity contribution is 5.88. The molecule has 0 aromatic carbocycles. The summed E-state index contributed by atoms with van der Waals surface area (Å²) in [5.41, 5.74) is 5.27. The predicted molar refractivity (Wildman–Crippen MR) is 190 cm³/mol. The fourth-order valence-corrected chi connectivity index (χ4v) is 4.99. The van der Waals surface area contributed by atoms with Crippen molar-refractivity contribution in [2.75, 3.05) is 79.2 Å². The molecule has 0 atom stereocenters. The molecule has 268 valence electrons. The van der Waals surface area contributed by atoms with E-state index in [4.69, 9.17) is 23.7 Å². The van der Waals surface area contributed by atoms with Gasteiger partial charge in [0.2, 0.25) is 11.8 Å². The molecular formula is C38H64N2O7. The summed E-state index contributed by atoms with van der Waals surface area (Å²) in [7, 11) is 0. The molecule has 0 unspecified atom stereocenters. The number of ether oxygens (including phenoxy) is 5. The minimum absolute atomic E-state index is 0.0189. The number of hydrogen-bond acceptors (Lipinski definition) is 7. The molecule has 2 amide bonds. The molecule has 1 aliphatic rings. The van der Waals surface area contributed by atoms with Gasteiger partial charge in [0.1, 0.15) is 0 Å². The van der Waals surface area contributed by atoms with Gasteiger partial charge in [0.05, 0.1) is 46.2 Å². The highest BCUT2D eigenvalue weighted by atomic mass is 16.5. The van der Waals surface area contributed by atoms with Gasteiger partial charge in [-0.05, 0) is 75.9 Å². The van der Waals surface area contributed by atoms with Crippen LogP contribution < -0.4 is 10.6 Å². The maximum Gasteiger partial charge on any atom is 0.244 e. The van der Waals surface area contributed by atoms with E-state index in [0.717, 1.165) is 31.4 Å². The Balaban J connectivity index is 1.98. The molecule has 0 aliphatic heterocycles. The summed E-state index contributed by atoms with van der Waals surface area (Å²) in [5.74, 6) is -0.121. The SMILES string of the molecule is CCCOCCOCCC(=O)NCCCOCCOCCOCCCNC(=O)C=C(C)C=CC=C(C)C=CC1=C(C)CCCC1(C)C. The Labute approximate surface area is 285 Å². The summed E-state index contributed by atoms with van der Waals surface area (Å²) >= 11 is 0. The first kappa shape index (κ1) is 42.5. The van der Waals surface area contributed by atoms with Gasteiger partial charge in [-0.1, -0.05) is 62.3 Å². The van der Waals surface area contributed by atoms with E-state index in [1.54, 1.807) is 6.08 Å². The maximum atomic E-state index is 12.2. The van der Waals surface area contributed by atoms with Crippen molar-refractivity contribution in [3.05, 3.63) is 58.7 Å². The highest BCUT2D eigenvalue weighted by Crippen LogP contribution is 2.40. The first-order valence-electron chi connectivity index (χ1n) is 17.5. The zero-order valence-corrected chi connectivity index (χ0v) is 30.3. The number of carbonyl (C=O) groups is 2. The summed E-state index contributed by atoms with van der Waals surface area (Å²) in [6.07, 6.45) is 18.6. The van der Waals surface area contributed by atoms with Crippen LogP contribution in [0.2, 0.25) is 0 Å². The van der Waals surface area contributed by atoms with E-state index in [-0.39, 0.29) is 17.2 Å². The molecule has 0 aromatic heterocycles. The van der Waals surface area contributed by atoms with Gasteiger partial charge < -0.3 is 34.3 Å². The molecule has 0 radical (unpaired) electrons. The minimum atomic E-state index is -0.102. The maximum absolute atomic E-state index is 12.2. The summed E-state index contributed by atoms with van der Waals surface area (Å²) in [4.78, 5) is 24.0. The Kier molecular flexibility index (Phi) is 24.8. The Bertz CT molecular complexity index is 1030. The predicted octanol–water partition coefficient (Wildman–Crippen LogP) is 6.41. The van der Waals surface area contributed by atoms with Crippen molar-refractivity contribution in [3.63, 3.8) is 0 Å². The fourth-order valence-electron chi connectivity index (χ4n) is 4.99. The van der Waals surface area contributed by atoms with Crippen LogP contribution in [0.15, 0.2) is 58.7 Å². The van der Waals surface area contributed by atoms with Gasteiger partial charge in [-0.2, -0.15) is 0 Å². The lowest BCUT2D eigenvalue weighted by Gasteiger charge is -2.32. The number of nitrogens with one attached hydrogen (secondary N) is 2. The lowest BCUT2D eigenvalue weighted by Crippen LogP contribution is -2.26. The summed E-state index contributed by atoms with van der Waals surface area (Å²) in [6, 6.07) is 0. The molecule has 1 aliphatic carbocycles. The van der Waals surface area contributed by atoms with Crippen LogP contribution in [0, 0.1) is 5.41 Å². The van der Waals surface area contributed by atoms with Crippen LogP contribution in [0.3, 0.4) is 0 Å². The first-order valence-corrected chi connectivity index (χ1v) is 17.5. The molecule has 0 aromatic rings. The Hall–Kier alpha value is -2.56. The Morgan fingerprint density at radius 3 is 1.96 bits per heavy atom. The fraction of sp³-hybridized carbons (Fsp3) is 0.684. The van der Waals surface area contributed by atoms with E-state index in [9.17, 15) is 9.59 Å². The van der Waals surface area contributed by atoms with Gasteiger partial charge >= 0.3 is 0 Å². The lowest BCUT2D eigenvalue weighted by atomic mass is 9.72. The highest BCUT2D eigenvalue weighted by Gasteiger charge is 2.26. The van der Waals surface area contributed by atoms with Gasteiger partial charge in [-0.25, -0.2) is 0 Å². The minimum Gasteiger partial charge on any atom is -0.379 e. The zero-order valence-electron chi connectivity index (χ0n) is 30.3. The van der Waals surface area contributed by atoms with Gasteiger partial charge in [-0.3, -0.25) is 9.59 Å². The Morgan fingerprint density at radius 2 is 1.34 bits per heavy atom. The number of rotatable bonds is 27. The van der Waals surface area contributed by atoms with Gasteiger partial charge in [0.25, 0.3) is 0 Å². The van der Waals surface area contributed by atoms with Crippen molar-refractivity contribution in [2.24, 2.45) is 5.41 Å². The molecule has 0 fully saturated rings. The van der Waals surface area contributed by atoms with E-state index in [0.29, 0.717) is 79.0 Å². The van der Waals surface area contributed by atoms with Gasteiger partial charge in [0.15, 0.2) is 0 Å². The van der Waals surface area contributed by atoms with E-state index in [2.05, 4.69) is 63.5 Å². The van der Waals surface area contributed by atoms with Crippen molar-refractivity contribution in [3.8, 4) is 0 Å². The molecule has 2 N–H and O–H groups in total. The molecule has 47 heavy (non-hydrogen) atoms. The van der Waals surface area contributed by atoms with Crippen LogP contribution in [-0.2, 0) is 33.3 Å². The normalized spacial score (nSPS) is 15.6. The molecule has 9 nitrogen and oxygen atoms in total. The van der Waals surface area contributed by atoms with Crippen LogP contribution in [-0.4, -0.2) is 91.0 Å². The van der Waals surface area contributed by atoms with E-state index in [1.807, 2.05) is 19.1 Å². The third kappa shape index (κ3) is 23.4. The molecule has 0 saturated heterocycles. The van der Waals surface area contributed by atoms with Gasteiger partial charge in [0, 0.05) is 45.4 Å². The molecule has 9 heteroatoms. The standard InChI is InChI=1S/C38H64N2O7/c1-7-21-43-25-28-46-24-17-36(41)39-19-10-22-44-26-29-47-30-27-45-23-11-20-40-37(42)31-33(3)13-8-12-32(2)15-16-35-34(4)14-9-18-38(35,5)6/h8,12-13,15-16,31H,7,9-11,14,17-30H2,1-6H3,(H,39,41)(H,40,42). The van der Waals surface area contributed by atoms with Crippen molar-refractivity contribution in [2.45, 2.75) is 86.5 Å². The number of carbonyl (C=O) groups excluding carboxylic acids is 2. The van der Waals surface area contributed by atoms with E-state index in [1.165, 1.54) is 36.0 Å². The average Bonchev–Trinajstić information content (AvgIpc) is 3.01. The molecule has 0 bridgehead atoms. The third-order valence-electron chi connectivity index (χ3n) is 7.62. The quantitative estimate of drug-likeness (QED) is 0.0596. The zero-order chi connectivity index (χ0) is 34.6. The van der Waals surface area contributed by atoms with E-state index < -0.39 is 0 Å². The average molecular weight is 661 g/mol. The van der Waals surface area contributed by atoms with Gasteiger partial charge in [-0.15, -0.1) is 0 Å². The number of allylic oxidation sites excluding steroid dienone is 9. The number of amides is 2. The van der Waals surface area contributed by atoms with Crippen LogP contribution in [0.1, 0.15) is 86.5 Å². The van der Waals surface area contributed by atoms with Crippen LogP contribution in [0.4, 0.5) is 0 Å². The summed E-state index contributed by atoms with van der Waals surface area (Å²) < 4.78 is 27.3. The smallest absolute Gasteiger partial charge is 0.244 e. The molecule has 0 saturated carbocycles. The van der Waals surface area contributed by atoms with Crippen molar-refractivity contribution < 1.29 is 33.3 Å². The molecule has 0 spiro atoms. The van der Waals surface area contributed by atoms with Crippen molar-refractivity contribution >= 4 is 11.8 Å². The molecule has 0 heterocycles. The molecule has 1 rings (SSSR count). The van der Waals surface area contributed by atoms with Crippen LogP contribution in [0.25, 0.3) is 0 Å². The van der Waals surface area contributed by atoms with Crippen LogP contribution in [0.5, 0.6) is 0 Å². The first-order chi connectivity index (χ1) is 22.7. The second kappa shape index (κ2) is 27.4. The van der Waals surface area contributed by atoms with Crippen LogP contribution >= 0.6 is 0 Å². The monoisotopic (exact) mass is 660 g/mol.